The van der Waals surface area contributed by atoms with E-state index in [9.17, 15) is 13.2 Å². The summed E-state index contributed by atoms with van der Waals surface area (Å²) >= 11 is 0. The molecule has 2 rings (SSSR count). The number of sulfone groups is 1. The normalized spacial score (nSPS) is 33.9. The summed E-state index contributed by atoms with van der Waals surface area (Å²) in [4.78, 5) is 15.1. The second-order valence-electron chi connectivity index (χ2n) is 4.85. The SMILES string of the molecule is CC(=O)N1CCN(C2CS(=O)(=O)CC2N)CC1. The number of carbonyl (C=O) groups excluding carboxylic acids is 1. The highest BCUT2D eigenvalue weighted by atomic mass is 32.2. The molecule has 0 aromatic rings. The van der Waals surface area contributed by atoms with Crippen LogP contribution in [0, 0.1) is 0 Å². The van der Waals surface area contributed by atoms with Gasteiger partial charge in [-0.3, -0.25) is 9.69 Å². The van der Waals surface area contributed by atoms with Crippen LogP contribution in [0.5, 0.6) is 0 Å². The minimum atomic E-state index is -2.97. The summed E-state index contributed by atoms with van der Waals surface area (Å²) in [7, 11) is -2.97. The van der Waals surface area contributed by atoms with E-state index >= 15 is 0 Å². The molecule has 1 amide bonds. The van der Waals surface area contributed by atoms with Crippen LogP contribution in [0.25, 0.3) is 0 Å². The van der Waals surface area contributed by atoms with E-state index in [1.54, 1.807) is 11.8 Å². The van der Waals surface area contributed by atoms with E-state index in [0.717, 1.165) is 0 Å². The summed E-state index contributed by atoms with van der Waals surface area (Å²) in [5, 5.41) is 0. The highest BCUT2D eigenvalue weighted by molar-refractivity contribution is 7.91. The molecule has 2 aliphatic heterocycles. The van der Waals surface area contributed by atoms with Gasteiger partial charge in [-0.05, 0) is 0 Å². The smallest absolute Gasteiger partial charge is 0.219 e. The molecule has 2 unspecified atom stereocenters. The average Bonchev–Trinajstić information content (AvgIpc) is 2.52. The molecule has 0 aliphatic carbocycles. The fourth-order valence-corrected chi connectivity index (χ4v) is 4.52. The number of amides is 1. The van der Waals surface area contributed by atoms with Gasteiger partial charge in [-0.15, -0.1) is 0 Å². The first-order chi connectivity index (χ1) is 7.89. The third kappa shape index (κ3) is 2.78. The zero-order chi connectivity index (χ0) is 12.6. The Morgan fingerprint density at radius 1 is 1.18 bits per heavy atom. The summed E-state index contributed by atoms with van der Waals surface area (Å²) < 4.78 is 23.0. The summed E-state index contributed by atoms with van der Waals surface area (Å²) in [5.41, 5.74) is 5.88. The number of hydrogen-bond acceptors (Lipinski definition) is 5. The summed E-state index contributed by atoms with van der Waals surface area (Å²) in [6, 6.07) is -0.363. The van der Waals surface area contributed by atoms with Crippen LogP contribution < -0.4 is 5.73 Å². The fraction of sp³-hybridized carbons (Fsp3) is 0.900. The predicted molar refractivity (Wildman–Crippen MR) is 64.2 cm³/mol. The van der Waals surface area contributed by atoms with E-state index in [2.05, 4.69) is 4.90 Å². The quantitative estimate of drug-likeness (QED) is 0.607. The van der Waals surface area contributed by atoms with Gasteiger partial charge < -0.3 is 10.6 Å². The maximum atomic E-state index is 11.5. The number of nitrogens with two attached hydrogens (primary N) is 1. The van der Waals surface area contributed by atoms with Crippen molar-refractivity contribution in [3.05, 3.63) is 0 Å². The van der Waals surface area contributed by atoms with E-state index in [1.165, 1.54) is 0 Å². The molecule has 2 heterocycles. The van der Waals surface area contributed by atoms with Crippen molar-refractivity contribution >= 4 is 15.7 Å². The molecular weight excluding hydrogens is 242 g/mol. The van der Waals surface area contributed by atoms with Crippen LogP contribution in [0.3, 0.4) is 0 Å². The molecule has 0 spiro atoms. The van der Waals surface area contributed by atoms with Gasteiger partial charge in [-0.25, -0.2) is 8.42 Å². The Morgan fingerprint density at radius 2 is 1.76 bits per heavy atom. The fourth-order valence-electron chi connectivity index (χ4n) is 2.60. The molecule has 17 heavy (non-hydrogen) atoms. The van der Waals surface area contributed by atoms with Crippen LogP contribution >= 0.6 is 0 Å². The molecule has 2 saturated heterocycles. The molecule has 2 atom stereocenters. The van der Waals surface area contributed by atoms with E-state index in [-0.39, 0.29) is 29.5 Å². The molecule has 2 fully saturated rings. The molecule has 7 heteroatoms. The van der Waals surface area contributed by atoms with Crippen LogP contribution in [-0.4, -0.2) is 73.9 Å². The van der Waals surface area contributed by atoms with Crippen LogP contribution in [-0.2, 0) is 14.6 Å². The van der Waals surface area contributed by atoms with Crippen molar-refractivity contribution < 1.29 is 13.2 Å². The van der Waals surface area contributed by atoms with E-state index in [4.69, 9.17) is 5.73 Å². The largest absolute Gasteiger partial charge is 0.340 e. The summed E-state index contributed by atoms with van der Waals surface area (Å²) in [6.07, 6.45) is 0. The number of nitrogens with zero attached hydrogens (tertiary/aromatic N) is 2. The molecular formula is C10H19N3O3S. The second-order valence-corrected chi connectivity index (χ2v) is 7.00. The number of rotatable bonds is 1. The molecule has 0 aromatic heterocycles. The number of hydrogen-bond donors (Lipinski definition) is 1. The zero-order valence-corrected chi connectivity index (χ0v) is 10.8. The van der Waals surface area contributed by atoms with E-state index in [1.807, 2.05) is 0 Å². The molecule has 98 valence electrons. The van der Waals surface area contributed by atoms with Gasteiger partial charge in [0.05, 0.1) is 11.5 Å². The highest BCUT2D eigenvalue weighted by Crippen LogP contribution is 2.18. The van der Waals surface area contributed by atoms with Gasteiger partial charge in [-0.1, -0.05) is 0 Å². The van der Waals surface area contributed by atoms with Crippen molar-refractivity contribution in [2.75, 3.05) is 37.7 Å². The maximum absolute atomic E-state index is 11.5. The maximum Gasteiger partial charge on any atom is 0.219 e. The Hall–Kier alpha value is -0.660. The average molecular weight is 261 g/mol. The Kier molecular flexibility index (Phi) is 3.42. The third-order valence-corrected chi connectivity index (χ3v) is 5.34. The van der Waals surface area contributed by atoms with E-state index < -0.39 is 9.84 Å². The number of piperazine rings is 1. The molecule has 0 aromatic carbocycles. The minimum Gasteiger partial charge on any atom is -0.340 e. The van der Waals surface area contributed by atoms with Gasteiger partial charge in [0.2, 0.25) is 5.91 Å². The molecule has 6 nitrogen and oxygen atoms in total. The predicted octanol–water partition coefficient (Wildman–Crippen LogP) is -1.73. The topological polar surface area (TPSA) is 83.7 Å². The van der Waals surface area contributed by atoms with Crippen LogP contribution in [0.2, 0.25) is 0 Å². The zero-order valence-electron chi connectivity index (χ0n) is 10.0. The Morgan fingerprint density at radius 3 is 2.18 bits per heavy atom. The van der Waals surface area contributed by atoms with Crippen molar-refractivity contribution in [1.82, 2.24) is 9.80 Å². The monoisotopic (exact) mass is 261 g/mol. The lowest BCUT2D eigenvalue weighted by Gasteiger charge is -2.38. The Bertz CT molecular complexity index is 401. The molecule has 2 aliphatic rings. The van der Waals surface area contributed by atoms with Crippen LogP contribution in [0.4, 0.5) is 0 Å². The Balaban J connectivity index is 1.96. The van der Waals surface area contributed by atoms with Crippen molar-refractivity contribution in [3.63, 3.8) is 0 Å². The van der Waals surface area contributed by atoms with Crippen molar-refractivity contribution in [2.24, 2.45) is 5.73 Å². The van der Waals surface area contributed by atoms with Gasteiger partial charge in [0, 0.05) is 45.2 Å². The number of carbonyl (C=O) groups is 1. The minimum absolute atomic E-state index is 0.0749. The van der Waals surface area contributed by atoms with Gasteiger partial charge in [0.25, 0.3) is 0 Å². The Labute approximate surface area is 102 Å². The van der Waals surface area contributed by atoms with Gasteiger partial charge >= 0.3 is 0 Å². The lowest BCUT2D eigenvalue weighted by atomic mass is 10.1. The molecule has 0 saturated carbocycles. The summed E-state index contributed by atoms with van der Waals surface area (Å²) in [6.45, 7) is 4.32. The van der Waals surface area contributed by atoms with Crippen molar-refractivity contribution in [3.8, 4) is 0 Å². The van der Waals surface area contributed by atoms with Gasteiger partial charge in [0.1, 0.15) is 0 Å². The van der Waals surface area contributed by atoms with Gasteiger partial charge in [0.15, 0.2) is 9.84 Å². The molecule has 0 radical (unpaired) electrons. The first-order valence-electron chi connectivity index (χ1n) is 5.84. The van der Waals surface area contributed by atoms with Gasteiger partial charge in [-0.2, -0.15) is 0 Å². The first kappa shape index (κ1) is 12.8. The second kappa shape index (κ2) is 4.55. The first-order valence-corrected chi connectivity index (χ1v) is 7.67. The lowest BCUT2D eigenvalue weighted by molar-refractivity contribution is -0.130. The van der Waals surface area contributed by atoms with Crippen LogP contribution in [0.15, 0.2) is 0 Å². The molecule has 2 N–H and O–H groups in total. The van der Waals surface area contributed by atoms with Crippen LogP contribution in [0.1, 0.15) is 6.92 Å². The molecule has 0 bridgehead atoms. The van der Waals surface area contributed by atoms with Crippen molar-refractivity contribution in [1.29, 1.82) is 0 Å². The summed E-state index contributed by atoms with van der Waals surface area (Å²) in [5.74, 6) is 0.326. The third-order valence-electron chi connectivity index (χ3n) is 3.59. The lowest BCUT2D eigenvalue weighted by Crippen LogP contribution is -2.55. The van der Waals surface area contributed by atoms with Crippen molar-refractivity contribution in [2.45, 2.75) is 19.0 Å². The highest BCUT2D eigenvalue weighted by Gasteiger charge is 2.39. The standard InChI is InChI=1S/C10H19N3O3S/c1-8(14)12-2-4-13(5-3-12)10-7-17(15,16)6-9(10)11/h9-10H,2-7,11H2,1H3. The van der Waals surface area contributed by atoms with E-state index in [0.29, 0.717) is 26.2 Å².